The van der Waals surface area contributed by atoms with Crippen LogP contribution in [-0.4, -0.2) is 30.7 Å². The Balaban J connectivity index is 2.71. The summed E-state index contributed by atoms with van der Waals surface area (Å²) in [6, 6.07) is 4.14. The van der Waals surface area contributed by atoms with Crippen LogP contribution in [0, 0.1) is 0 Å². The standard InChI is InChI=1S/C11H17ClN2O3S2/c1-8(18(2)15)5-6-14-19(16,17)9-3-4-10(12)11(13)7-9/h3-4,7-8,14H,5-6,13H2,1-2H3. The van der Waals surface area contributed by atoms with Gasteiger partial charge in [0.05, 0.1) is 15.6 Å². The van der Waals surface area contributed by atoms with Gasteiger partial charge in [-0.1, -0.05) is 18.5 Å². The molecule has 0 aliphatic rings. The summed E-state index contributed by atoms with van der Waals surface area (Å²) >= 11 is 5.74. The number of rotatable bonds is 6. The lowest BCUT2D eigenvalue weighted by Gasteiger charge is -2.10. The molecular weight excluding hydrogens is 308 g/mol. The third-order valence-corrected chi connectivity index (χ3v) is 5.86. The summed E-state index contributed by atoms with van der Waals surface area (Å²) in [7, 11) is -4.57. The topological polar surface area (TPSA) is 89.3 Å². The zero-order valence-electron chi connectivity index (χ0n) is 10.7. The number of hydrogen-bond acceptors (Lipinski definition) is 4. The molecule has 0 radical (unpaired) electrons. The number of sulfonamides is 1. The molecule has 0 spiro atoms. The second-order valence-corrected chi connectivity index (χ2v) is 8.16. The molecule has 1 aromatic rings. The van der Waals surface area contributed by atoms with Crippen LogP contribution in [0.4, 0.5) is 5.69 Å². The predicted molar refractivity (Wildman–Crippen MR) is 79.2 cm³/mol. The average Bonchev–Trinajstić information content (AvgIpc) is 2.32. The number of nitrogens with two attached hydrogens (primary N) is 1. The van der Waals surface area contributed by atoms with Gasteiger partial charge in [0.25, 0.3) is 0 Å². The first-order valence-corrected chi connectivity index (χ1v) is 9.09. The highest BCUT2D eigenvalue weighted by molar-refractivity contribution is 7.89. The van der Waals surface area contributed by atoms with Crippen molar-refractivity contribution in [2.45, 2.75) is 23.5 Å². The summed E-state index contributed by atoms with van der Waals surface area (Å²) in [6.07, 6.45) is 2.10. The van der Waals surface area contributed by atoms with Crippen molar-refractivity contribution in [3.8, 4) is 0 Å². The molecule has 0 aliphatic carbocycles. The van der Waals surface area contributed by atoms with Crippen LogP contribution in [0.5, 0.6) is 0 Å². The fraction of sp³-hybridized carbons (Fsp3) is 0.455. The molecule has 1 aromatic carbocycles. The van der Waals surface area contributed by atoms with Crippen LogP contribution >= 0.6 is 11.6 Å². The van der Waals surface area contributed by atoms with Crippen LogP contribution < -0.4 is 10.5 Å². The molecule has 3 N–H and O–H groups in total. The minimum absolute atomic E-state index is 0.0574. The van der Waals surface area contributed by atoms with Crippen LogP contribution in [0.15, 0.2) is 23.1 Å². The number of nitrogens with one attached hydrogen (secondary N) is 1. The number of anilines is 1. The van der Waals surface area contributed by atoms with Gasteiger partial charge in [0, 0.05) is 28.9 Å². The van der Waals surface area contributed by atoms with Gasteiger partial charge in [-0.2, -0.15) is 0 Å². The number of hydrogen-bond donors (Lipinski definition) is 2. The van der Waals surface area contributed by atoms with Gasteiger partial charge in [-0.05, 0) is 24.6 Å². The first kappa shape index (κ1) is 16.4. The Hall–Kier alpha value is -0.630. The van der Waals surface area contributed by atoms with Gasteiger partial charge < -0.3 is 5.73 Å². The van der Waals surface area contributed by atoms with Gasteiger partial charge >= 0.3 is 0 Å². The van der Waals surface area contributed by atoms with Gasteiger partial charge in [0.15, 0.2) is 0 Å². The highest BCUT2D eigenvalue weighted by Crippen LogP contribution is 2.22. The van der Waals surface area contributed by atoms with Crippen LogP contribution in [0.2, 0.25) is 5.02 Å². The molecular formula is C11H17ClN2O3S2. The van der Waals surface area contributed by atoms with E-state index in [2.05, 4.69) is 4.72 Å². The maximum Gasteiger partial charge on any atom is 0.240 e. The molecule has 0 aromatic heterocycles. The Labute approximate surface area is 121 Å². The molecule has 5 nitrogen and oxygen atoms in total. The molecule has 1 rings (SSSR count). The second kappa shape index (κ2) is 6.69. The lowest BCUT2D eigenvalue weighted by Crippen LogP contribution is -2.27. The number of benzene rings is 1. The summed E-state index contributed by atoms with van der Waals surface area (Å²) in [5.74, 6) is 0. The lowest BCUT2D eigenvalue weighted by molar-refractivity contribution is 0.578. The van der Waals surface area contributed by atoms with E-state index in [0.29, 0.717) is 11.4 Å². The first-order chi connectivity index (χ1) is 8.74. The van der Waals surface area contributed by atoms with E-state index >= 15 is 0 Å². The van der Waals surface area contributed by atoms with Gasteiger partial charge in [-0.15, -0.1) is 0 Å². The minimum Gasteiger partial charge on any atom is -0.397 e. The van der Waals surface area contributed by atoms with E-state index in [1.54, 1.807) is 6.26 Å². The fourth-order valence-electron chi connectivity index (χ4n) is 1.33. The lowest BCUT2D eigenvalue weighted by atomic mass is 10.3. The zero-order chi connectivity index (χ0) is 14.6. The van der Waals surface area contributed by atoms with Crippen molar-refractivity contribution in [3.05, 3.63) is 23.2 Å². The normalized spacial score (nSPS) is 15.1. The quantitative estimate of drug-likeness (QED) is 0.773. The van der Waals surface area contributed by atoms with E-state index in [1.807, 2.05) is 6.92 Å². The van der Waals surface area contributed by atoms with Gasteiger partial charge in [-0.25, -0.2) is 13.1 Å². The molecule has 108 valence electrons. The van der Waals surface area contributed by atoms with E-state index in [4.69, 9.17) is 17.3 Å². The molecule has 0 saturated heterocycles. The van der Waals surface area contributed by atoms with E-state index in [0.717, 1.165) is 0 Å². The SMILES string of the molecule is CC(CCNS(=O)(=O)c1ccc(Cl)c(N)c1)S(C)=O. The first-order valence-electron chi connectivity index (χ1n) is 5.61. The summed E-state index contributed by atoms with van der Waals surface area (Å²) in [6.45, 7) is 2.04. The van der Waals surface area contributed by atoms with Crippen molar-refractivity contribution in [2.75, 3.05) is 18.5 Å². The fourth-order valence-corrected chi connectivity index (χ4v) is 2.98. The smallest absolute Gasteiger partial charge is 0.240 e. The largest absolute Gasteiger partial charge is 0.397 e. The Bertz CT molecular complexity index is 575. The molecule has 19 heavy (non-hydrogen) atoms. The molecule has 0 bridgehead atoms. The summed E-state index contributed by atoms with van der Waals surface area (Å²) in [4.78, 5) is 0.0691. The summed E-state index contributed by atoms with van der Waals surface area (Å²) in [5, 5.41) is 0.256. The molecule has 0 aliphatic heterocycles. The highest BCUT2D eigenvalue weighted by Gasteiger charge is 2.15. The second-order valence-electron chi connectivity index (χ2n) is 4.18. The van der Waals surface area contributed by atoms with E-state index in [9.17, 15) is 12.6 Å². The number of nitrogen functional groups attached to an aromatic ring is 1. The van der Waals surface area contributed by atoms with Crippen molar-refractivity contribution < 1.29 is 12.6 Å². The van der Waals surface area contributed by atoms with Crippen LogP contribution in [-0.2, 0) is 20.8 Å². The Kier molecular flexibility index (Phi) is 5.79. The minimum atomic E-state index is -3.61. The molecule has 0 fully saturated rings. The average molecular weight is 325 g/mol. The molecule has 2 atom stereocenters. The van der Waals surface area contributed by atoms with Crippen molar-refractivity contribution in [1.82, 2.24) is 4.72 Å². The van der Waals surface area contributed by atoms with Crippen molar-refractivity contribution in [2.24, 2.45) is 0 Å². The summed E-state index contributed by atoms with van der Waals surface area (Å²) in [5.41, 5.74) is 5.78. The van der Waals surface area contributed by atoms with E-state index < -0.39 is 20.8 Å². The highest BCUT2D eigenvalue weighted by atomic mass is 35.5. The van der Waals surface area contributed by atoms with Crippen molar-refractivity contribution in [1.29, 1.82) is 0 Å². The third-order valence-electron chi connectivity index (χ3n) is 2.69. The third kappa shape index (κ3) is 4.76. The zero-order valence-corrected chi connectivity index (χ0v) is 13.1. The molecule has 0 saturated carbocycles. The molecule has 0 amide bonds. The molecule has 8 heteroatoms. The molecule has 2 unspecified atom stereocenters. The Morgan fingerprint density at radius 2 is 2.11 bits per heavy atom. The Morgan fingerprint density at radius 3 is 2.63 bits per heavy atom. The maximum atomic E-state index is 12.0. The van der Waals surface area contributed by atoms with E-state index in [-0.39, 0.29) is 22.4 Å². The predicted octanol–water partition coefficient (Wildman–Crippen LogP) is 1.36. The maximum absolute atomic E-state index is 12.0. The number of halogens is 1. The monoisotopic (exact) mass is 324 g/mol. The van der Waals surface area contributed by atoms with Crippen LogP contribution in [0.3, 0.4) is 0 Å². The van der Waals surface area contributed by atoms with Gasteiger partial charge in [0.1, 0.15) is 0 Å². The summed E-state index contributed by atoms with van der Waals surface area (Å²) < 4.78 is 37.5. The van der Waals surface area contributed by atoms with Gasteiger partial charge in [0.2, 0.25) is 10.0 Å². The van der Waals surface area contributed by atoms with Crippen LogP contribution in [0.25, 0.3) is 0 Å². The molecule has 0 heterocycles. The Morgan fingerprint density at radius 1 is 1.47 bits per heavy atom. The van der Waals surface area contributed by atoms with E-state index in [1.165, 1.54) is 18.2 Å². The van der Waals surface area contributed by atoms with Gasteiger partial charge in [-0.3, -0.25) is 4.21 Å². The van der Waals surface area contributed by atoms with Crippen molar-refractivity contribution in [3.63, 3.8) is 0 Å². The van der Waals surface area contributed by atoms with Crippen molar-refractivity contribution >= 4 is 38.1 Å². The van der Waals surface area contributed by atoms with Crippen LogP contribution in [0.1, 0.15) is 13.3 Å².